The molecule has 1 amide bonds. The van der Waals surface area contributed by atoms with Gasteiger partial charge in [0, 0.05) is 24.8 Å². The first kappa shape index (κ1) is 16.3. The van der Waals surface area contributed by atoms with Crippen LogP contribution in [-0.4, -0.2) is 24.4 Å². The van der Waals surface area contributed by atoms with Crippen molar-refractivity contribution in [1.82, 2.24) is 4.90 Å². The van der Waals surface area contributed by atoms with Crippen LogP contribution >= 0.6 is 0 Å². The zero-order valence-corrected chi connectivity index (χ0v) is 12.0. The third-order valence-electron chi connectivity index (χ3n) is 2.66. The molecular formula is C14H19F3N2O. The number of halogens is 3. The number of nitrogen functional groups attached to an aromatic ring is 1. The van der Waals surface area contributed by atoms with E-state index < -0.39 is 17.6 Å². The molecule has 0 bridgehead atoms. The van der Waals surface area contributed by atoms with E-state index in [1.54, 1.807) is 7.05 Å². The molecule has 0 aliphatic rings. The van der Waals surface area contributed by atoms with Gasteiger partial charge in [0.05, 0.1) is 5.56 Å². The molecule has 0 saturated heterocycles. The fourth-order valence-electron chi connectivity index (χ4n) is 1.94. The lowest BCUT2D eigenvalue weighted by atomic mass is 9.96. The molecule has 0 heterocycles. The van der Waals surface area contributed by atoms with Crippen molar-refractivity contribution in [2.45, 2.75) is 26.9 Å². The Morgan fingerprint density at radius 2 is 1.80 bits per heavy atom. The summed E-state index contributed by atoms with van der Waals surface area (Å²) in [4.78, 5) is 13.5. The van der Waals surface area contributed by atoms with Crippen molar-refractivity contribution in [3.8, 4) is 0 Å². The lowest BCUT2D eigenvalue weighted by Crippen LogP contribution is -2.34. The van der Waals surface area contributed by atoms with Crippen LogP contribution in [-0.2, 0) is 6.18 Å². The number of rotatable bonds is 2. The molecule has 0 aromatic heterocycles. The molecule has 0 spiro atoms. The second-order valence-electron chi connectivity index (χ2n) is 6.02. The Morgan fingerprint density at radius 1 is 1.25 bits per heavy atom. The molecule has 0 saturated carbocycles. The lowest BCUT2D eigenvalue weighted by molar-refractivity contribution is -0.136. The third-order valence-corrected chi connectivity index (χ3v) is 2.66. The Morgan fingerprint density at radius 3 is 2.25 bits per heavy atom. The van der Waals surface area contributed by atoms with Gasteiger partial charge in [0.15, 0.2) is 0 Å². The average molecular weight is 288 g/mol. The molecule has 0 unspecified atom stereocenters. The van der Waals surface area contributed by atoms with Crippen molar-refractivity contribution in [3.63, 3.8) is 0 Å². The van der Waals surface area contributed by atoms with E-state index in [9.17, 15) is 18.0 Å². The summed E-state index contributed by atoms with van der Waals surface area (Å²) in [6.45, 7) is 6.28. The normalized spacial score (nSPS) is 12.3. The third kappa shape index (κ3) is 4.15. The summed E-state index contributed by atoms with van der Waals surface area (Å²) in [6.07, 6.45) is -4.57. The second kappa shape index (κ2) is 5.34. The van der Waals surface area contributed by atoms with Crippen LogP contribution in [0.15, 0.2) is 18.2 Å². The monoisotopic (exact) mass is 288 g/mol. The molecule has 0 atom stereocenters. The molecule has 0 aliphatic carbocycles. The van der Waals surface area contributed by atoms with E-state index in [2.05, 4.69) is 0 Å². The molecule has 112 valence electrons. The Labute approximate surface area is 116 Å². The van der Waals surface area contributed by atoms with Crippen LogP contribution in [0.4, 0.5) is 18.9 Å². The molecule has 6 heteroatoms. The van der Waals surface area contributed by atoms with Gasteiger partial charge in [0.25, 0.3) is 5.91 Å². The molecule has 20 heavy (non-hydrogen) atoms. The maximum absolute atomic E-state index is 12.8. The second-order valence-corrected chi connectivity index (χ2v) is 6.02. The fourth-order valence-corrected chi connectivity index (χ4v) is 1.94. The zero-order valence-electron chi connectivity index (χ0n) is 12.0. The number of carbonyl (C=O) groups is 1. The largest absolute Gasteiger partial charge is 0.418 e. The highest BCUT2D eigenvalue weighted by Crippen LogP contribution is 2.34. The van der Waals surface area contributed by atoms with Gasteiger partial charge in [0.1, 0.15) is 0 Å². The van der Waals surface area contributed by atoms with E-state index in [1.165, 1.54) is 11.0 Å². The first-order valence-electron chi connectivity index (χ1n) is 6.14. The van der Waals surface area contributed by atoms with Gasteiger partial charge < -0.3 is 10.6 Å². The number of nitrogens with zero attached hydrogens (tertiary/aromatic N) is 1. The highest BCUT2D eigenvalue weighted by atomic mass is 19.4. The van der Waals surface area contributed by atoms with Crippen molar-refractivity contribution in [1.29, 1.82) is 0 Å². The highest BCUT2D eigenvalue weighted by molar-refractivity contribution is 5.94. The smallest absolute Gasteiger partial charge is 0.398 e. The Balaban J connectivity index is 3.06. The van der Waals surface area contributed by atoms with Crippen molar-refractivity contribution in [3.05, 3.63) is 29.3 Å². The highest BCUT2D eigenvalue weighted by Gasteiger charge is 2.34. The Hall–Kier alpha value is -1.72. The van der Waals surface area contributed by atoms with E-state index in [0.717, 1.165) is 12.1 Å². The maximum atomic E-state index is 12.8. The molecule has 2 N–H and O–H groups in total. The van der Waals surface area contributed by atoms with Gasteiger partial charge in [-0.2, -0.15) is 13.2 Å². The number of anilines is 1. The first-order valence-corrected chi connectivity index (χ1v) is 6.14. The number of carbonyl (C=O) groups excluding carboxylic acids is 1. The van der Waals surface area contributed by atoms with Crippen LogP contribution in [0.3, 0.4) is 0 Å². The van der Waals surface area contributed by atoms with Crippen LogP contribution in [0.5, 0.6) is 0 Å². The molecule has 0 radical (unpaired) electrons. The summed E-state index contributed by atoms with van der Waals surface area (Å²) in [5.74, 6) is -0.453. The summed E-state index contributed by atoms with van der Waals surface area (Å²) < 4.78 is 38.3. The van der Waals surface area contributed by atoms with Gasteiger partial charge in [-0.15, -0.1) is 0 Å². The molecule has 0 fully saturated rings. The van der Waals surface area contributed by atoms with Gasteiger partial charge in [0.2, 0.25) is 0 Å². The van der Waals surface area contributed by atoms with Gasteiger partial charge in [-0.1, -0.05) is 20.8 Å². The molecule has 3 nitrogen and oxygen atoms in total. The van der Waals surface area contributed by atoms with Gasteiger partial charge in [-0.05, 0) is 23.6 Å². The predicted molar refractivity (Wildman–Crippen MR) is 72.3 cm³/mol. The number of nitrogens with two attached hydrogens (primary N) is 1. The van der Waals surface area contributed by atoms with Crippen LogP contribution in [0.2, 0.25) is 0 Å². The minimum atomic E-state index is -4.57. The molecule has 1 aromatic carbocycles. The van der Waals surface area contributed by atoms with E-state index in [-0.39, 0.29) is 16.7 Å². The summed E-state index contributed by atoms with van der Waals surface area (Å²) in [6, 6.07) is 3.23. The summed E-state index contributed by atoms with van der Waals surface area (Å²) >= 11 is 0. The number of benzene rings is 1. The van der Waals surface area contributed by atoms with Crippen LogP contribution in [0, 0.1) is 5.41 Å². The number of hydrogen-bond acceptors (Lipinski definition) is 2. The van der Waals surface area contributed by atoms with Crippen molar-refractivity contribution in [2.75, 3.05) is 19.3 Å². The van der Waals surface area contributed by atoms with E-state index in [1.807, 2.05) is 20.8 Å². The van der Waals surface area contributed by atoms with E-state index in [4.69, 9.17) is 5.73 Å². The van der Waals surface area contributed by atoms with Gasteiger partial charge in [-0.25, -0.2) is 0 Å². The summed E-state index contributed by atoms with van der Waals surface area (Å²) in [7, 11) is 1.57. The average Bonchev–Trinajstić information content (AvgIpc) is 2.24. The van der Waals surface area contributed by atoms with Crippen molar-refractivity contribution in [2.24, 2.45) is 5.41 Å². The lowest BCUT2D eigenvalue weighted by Gasteiger charge is -2.27. The van der Waals surface area contributed by atoms with Crippen molar-refractivity contribution >= 4 is 11.6 Å². The van der Waals surface area contributed by atoms with Crippen molar-refractivity contribution < 1.29 is 18.0 Å². The Bertz CT molecular complexity index is 504. The maximum Gasteiger partial charge on any atom is 0.418 e. The van der Waals surface area contributed by atoms with E-state index >= 15 is 0 Å². The quantitative estimate of drug-likeness (QED) is 0.848. The predicted octanol–water partition coefficient (Wildman–Crippen LogP) is 3.41. The molecule has 0 aliphatic heterocycles. The van der Waals surface area contributed by atoms with Crippen LogP contribution in [0.1, 0.15) is 36.7 Å². The minimum absolute atomic E-state index is 0.0155. The first-order chi connectivity index (χ1) is 8.92. The number of hydrogen-bond donors (Lipinski definition) is 1. The molecule has 1 aromatic rings. The number of amides is 1. The van der Waals surface area contributed by atoms with Gasteiger partial charge in [-0.3, -0.25) is 4.79 Å². The Kier molecular flexibility index (Phi) is 4.36. The van der Waals surface area contributed by atoms with Crippen LogP contribution in [0.25, 0.3) is 0 Å². The van der Waals surface area contributed by atoms with E-state index in [0.29, 0.717) is 6.54 Å². The standard InChI is InChI=1S/C14H19F3N2O/c1-13(2,3)8-19(4)12(20)9-5-6-11(18)10(7-9)14(15,16)17/h5-7H,8,18H2,1-4H3. The SMILES string of the molecule is CN(CC(C)(C)C)C(=O)c1ccc(N)c(C(F)(F)F)c1. The summed E-state index contributed by atoms with van der Waals surface area (Å²) in [5.41, 5.74) is 3.80. The zero-order chi connectivity index (χ0) is 15.7. The molecule has 1 rings (SSSR count). The summed E-state index contributed by atoms with van der Waals surface area (Å²) in [5, 5.41) is 0. The topological polar surface area (TPSA) is 46.3 Å². The minimum Gasteiger partial charge on any atom is -0.398 e. The number of alkyl halides is 3. The molecular weight excluding hydrogens is 269 g/mol. The van der Waals surface area contributed by atoms with Gasteiger partial charge >= 0.3 is 6.18 Å². The fraction of sp³-hybridized carbons (Fsp3) is 0.500. The van der Waals surface area contributed by atoms with Crippen LogP contribution < -0.4 is 5.73 Å².